The molecule has 0 radical (unpaired) electrons. The molecule has 0 aliphatic heterocycles. The van der Waals surface area contributed by atoms with Crippen LogP contribution in [0.4, 0.5) is 10.1 Å². The smallest absolute Gasteiger partial charge is 0.257 e. The van der Waals surface area contributed by atoms with Gasteiger partial charge >= 0.3 is 0 Å². The van der Waals surface area contributed by atoms with Crippen LogP contribution >= 0.6 is 0 Å². The number of aliphatic imine (C=N–C) groups is 1. The summed E-state index contributed by atoms with van der Waals surface area (Å²) < 4.78 is 13.2. The van der Waals surface area contributed by atoms with E-state index in [0.29, 0.717) is 30.3 Å². The molecular formula is C23H26FN3O2. The number of carbonyl (C=O) groups is 1. The van der Waals surface area contributed by atoms with E-state index in [-0.39, 0.29) is 23.9 Å². The molecule has 0 heterocycles. The number of aliphatic hydroxyl groups excluding tert-OH is 1. The molecular weight excluding hydrogens is 369 g/mol. The van der Waals surface area contributed by atoms with Crippen LogP contribution in [0.3, 0.4) is 0 Å². The molecule has 0 unspecified atom stereocenters. The topological polar surface area (TPSA) is 73.7 Å². The minimum absolute atomic E-state index is 0.0426. The van der Waals surface area contributed by atoms with Crippen LogP contribution in [0, 0.1) is 5.82 Å². The summed E-state index contributed by atoms with van der Waals surface area (Å²) in [6.07, 6.45) is 5.16. The SMILES string of the molecule is O=C(NC(=NC1CCC(O)CC1)Nc1cccc(C2CC2)c1)c1ccc(F)cc1. The van der Waals surface area contributed by atoms with Crippen LogP contribution < -0.4 is 10.6 Å². The lowest BCUT2D eigenvalue weighted by molar-refractivity contribution is 0.0976. The summed E-state index contributed by atoms with van der Waals surface area (Å²) in [6.45, 7) is 0. The predicted octanol–water partition coefficient (Wildman–Crippen LogP) is 4.20. The van der Waals surface area contributed by atoms with E-state index in [1.54, 1.807) is 0 Å². The largest absolute Gasteiger partial charge is 0.393 e. The normalized spacial score (nSPS) is 22.2. The fourth-order valence-electron chi connectivity index (χ4n) is 3.67. The number of nitrogens with one attached hydrogen (secondary N) is 2. The molecule has 6 heteroatoms. The highest BCUT2D eigenvalue weighted by molar-refractivity contribution is 6.10. The lowest BCUT2D eigenvalue weighted by Gasteiger charge is -2.23. The fraction of sp³-hybridized carbons (Fsp3) is 0.391. The van der Waals surface area contributed by atoms with E-state index in [1.165, 1.54) is 42.7 Å². The molecule has 29 heavy (non-hydrogen) atoms. The molecule has 2 aliphatic carbocycles. The third-order valence-corrected chi connectivity index (χ3v) is 5.51. The molecule has 0 saturated heterocycles. The van der Waals surface area contributed by atoms with Crippen molar-refractivity contribution >= 4 is 17.6 Å². The second kappa shape index (κ2) is 8.74. The molecule has 2 aliphatic rings. The first-order chi connectivity index (χ1) is 14.1. The molecule has 2 fully saturated rings. The lowest BCUT2D eigenvalue weighted by atomic mass is 9.94. The molecule has 0 spiro atoms. The van der Waals surface area contributed by atoms with Gasteiger partial charge in [0.15, 0.2) is 0 Å². The average Bonchev–Trinajstić information content (AvgIpc) is 3.56. The van der Waals surface area contributed by atoms with E-state index in [4.69, 9.17) is 4.99 Å². The number of nitrogens with zero attached hydrogens (tertiary/aromatic N) is 1. The number of amides is 1. The molecule has 2 aromatic rings. The van der Waals surface area contributed by atoms with Crippen molar-refractivity contribution in [1.82, 2.24) is 5.32 Å². The minimum Gasteiger partial charge on any atom is -0.393 e. The van der Waals surface area contributed by atoms with E-state index < -0.39 is 0 Å². The highest BCUT2D eigenvalue weighted by Crippen LogP contribution is 2.40. The van der Waals surface area contributed by atoms with Crippen LogP contribution in [-0.4, -0.2) is 29.1 Å². The van der Waals surface area contributed by atoms with E-state index in [9.17, 15) is 14.3 Å². The van der Waals surface area contributed by atoms with Crippen LogP contribution in [0.1, 0.15) is 60.4 Å². The van der Waals surface area contributed by atoms with Crippen LogP contribution in [0.25, 0.3) is 0 Å². The summed E-state index contributed by atoms with van der Waals surface area (Å²) in [7, 11) is 0. The van der Waals surface area contributed by atoms with Gasteiger partial charge in [0.1, 0.15) is 5.82 Å². The van der Waals surface area contributed by atoms with Crippen LogP contribution in [0.15, 0.2) is 53.5 Å². The van der Waals surface area contributed by atoms with Gasteiger partial charge in [0.2, 0.25) is 5.96 Å². The van der Waals surface area contributed by atoms with Crippen molar-refractivity contribution in [1.29, 1.82) is 0 Å². The van der Waals surface area contributed by atoms with Gasteiger partial charge in [0.05, 0.1) is 12.1 Å². The monoisotopic (exact) mass is 395 g/mol. The van der Waals surface area contributed by atoms with Gasteiger partial charge in [-0.15, -0.1) is 0 Å². The lowest BCUT2D eigenvalue weighted by Crippen LogP contribution is -2.37. The molecule has 1 amide bonds. The molecule has 0 atom stereocenters. The van der Waals surface area contributed by atoms with E-state index in [2.05, 4.69) is 22.8 Å². The van der Waals surface area contributed by atoms with Crippen molar-refractivity contribution in [3.05, 3.63) is 65.5 Å². The molecule has 3 N–H and O–H groups in total. The van der Waals surface area contributed by atoms with Crippen molar-refractivity contribution in [3.8, 4) is 0 Å². The Hall–Kier alpha value is -2.73. The quantitative estimate of drug-likeness (QED) is 0.536. The number of carbonyl (C=O) groups excluding carboxylic acids is 1. The number of hydrogen-bond acceptors (Lipinski definition) is 3. The molecule has 152 valence electrons. The first kappa shape index (κ1) is 19.6. The van der Waals surface area contributed by atoms with Gasteiger partial charge in [-0.25, -0.2) is 9.38 Å². The second-order valence-electron chi connectivity index (χ2n) is 7.93. The van der Waals surface area contributed by atoms with Crippen molar-refractivity contribution in [2.45, 2.75) is 56.6 Å². The summed E-state index contributed by atoms with van der Waals surface area (Å²) in [5.74, 6) is 0.288. The van der Waals surface area contributed by atoms with Gasteiger partial charge < -0.3 is 10.4 Å². The van der Waals surface area contributed by atoms with E-state index in [0.717, 1.165) is 18.5 Å². The maximum Gasteiger partial charge on any atom is 0.257 e. The first-order valence-electron chi connectivity index (χ1n) is 10.3. The van der Waals surface area contributed by atoms with Crippen molar-refractivity contribution < 1.29 is 14.3 Å². The number of rotatable bonds is 4. The summed E-state index contributed by atoms with van der Waals surface area (Å²) in [6, 6.07) is 13.7. The number of anilines is 1. The Labute approximate surface area is 170 Å². The fourth-order valence-corrected chi connectivity index (χ4v) is 3.67. The van der Waals surface area contributed by atoms with Crippen LogP contribution in [0.5, 0.6) is 0 Å². The number of aliphatic hydroxyl groups is 1. The van der Waals surface area contributed by atoms with Crippen LogP contribution in [-0.2, 0) is 0 Å². The highest BCUT2D eigenvalue weighted by Gasteiger charge is 2.24. The molecule has 0 aromatic heterocycles. The van der Waals surface area contributed by atoms with Gasteiger partial charge in [-0.05, 0) is 86.4 Å². The average molecular weight is 395 g/mol. The zero-order valence-electron chi connectivity index (χ0n) is 16.3. The molecule has 4 rings (SSSR count). The summed E-state index contributed by atoms with van der Waals surface area (Å²) in [4.78, 5) is 17.4. The Morgan fingerprint density at radius 3 is 2.41 bits per heavy atom. The maximum absolute atomic E-state index is 13.2. The highest BCUT2D eigenvalue weighted by atomic mass is 19.1. The third-order valence-electron chi connectivity index (χ3n) is 5.51. The minimum atomic E-state index is -0.383. The van der Waals surface area contributed by atoms with Gasteiger partial charge in [-0.3, -0.25) is 10.1 Å². The summed E-state index contributed by atoms with van der Waals surface area (Å²) in [5.41, 5.74) is 2.54. The predicted molar refractivity (Wildman–Crippen MR) is 112 cm³/mol. The zero-order valence-corrected chi connectivity index (χ0v) is 16.3. The second-order valence-corrected chi connectivity index (χ2v) is 7.93. The number of guanidine groups is 1. The molecule has 5 nitrogen and oxygen atoms in total. The molecule has 2 aromatic carbocycles. The van der Waals surface area contributed by atoms with Crippen LogP contribution in [0.2, 0.25) is 0 Å². The Kier molecular flexibility index (Phi) is 5.90. The number of hydrogen-bond donors (Lipinski definition) is 3. The van der Waals surface area contributed by atoms with Gasteiger partial charge in [0, 0.05) is 11.3 Å². The Morgan fingerprint density at radius 1 is 1.00 bits per heavy atom. The van der Waals surface area contributed by atoms with Crippen molar-refractivity contribution in [2.24, 2.45) is 4.99 Å². The number of benzene rings is 2. The van der Waals surface area contributed by atoms with E-state index in [1.807, 2.05) is 12.1 Å². The van der Waals surface area contributed by atoms with E-state index >= 15 is 0 Å². The molecule has 0 bridgehead atoms. The maximum atomic E-state index is 13.2. The Bertz CT molecular complexity index is 885. The molecule has 2 saturated carbocycles. The van der Waals surface area contributed by atoms with Gasteiger partial charge in [-0.1, -0.05) is 12.1 Å². The Morgan fingerprint density at radius 2 is 1.72 bits per heavy atom. The number of halogens is 1. The van der Waals surface area contributed by atoms with Gasteiger partial charge in [0.25, 0.3) is 5.91 Å². The van der Waals surface area contributed by atoms with Gasteiger partial charge in [-0.2, -0.15) is 0 Å². The first-order valence-corrected chi connectivity index (χ1v) is 10.3. The zero-order chi connectivity index (χ0) is 20.2. The third kappa shape index (κ3) is 5.41. The standard InChI is InChI=1S/C23H26FN3O2/c24-18-8-6-16(7-9-18)22(29)27-23(25-19-10-12-21(28)13-11-19)26-20-3-1-2-17(14-20)15-4-5-15/h1-3,6-9,14-15,19,21,28H,4-5,10-13H2,(H2,25,26,27,29). The van der Waals surface area contributed by atoms with Crippen molar-refractivity contribution in [3.63, 3.8) is 0 Å². The summed E-state index contributed by atoms with van der Waals surface area (Å²) >= 11 is 0. The van der Waals surface area contributed by atoms with Crippen molar-refractivity contribution in [2.75, 3.05) is 5.32 Å². The summed E-state index contributed by atoms with van der Waals surface area (Å²) in [5, 5.41) is 15.8. The Balaban J connectivity index is 1.52.